The van der Waals surface area contributed by atoms with Crippen molar-refractivity contribution in [1.82, 2.24) is 0 Å². The average molecular weight is 396 g/mol. The number of ether oxygens (including phenoxy) is 1. The van der Waals surface area contributed by atoms with Gasteiger partial charge in [0.1, 0.15) is 0 Å². The second kappa shape index (κ2) is 135. The van der Waals surface area contributed by atoms with Crippen molar-refractivity contribution in [2.45, 2.75) is 12.8 Å². The van der Waals surface area contributed by atoms with E-state index in [4.69, 9.17) is 28.0 Å². The van der Waals surface area contributed by atoms with Crippen molar-refractivity contribution >= 4 is 0 Å². The van der Waals surface area contributed by atoms with E-state index in [-0.39, 0.29) is 21.1 Å². The van der Waals surface area contributed by atoms with Gasteiger partial charge in [-0.05, 0) is 12.8 Å². The molecule has 0 atom stereocenters. The Bertz CT molecular complexity index is 123. The fourth-order valence-electron chi connectivity index (χ4n) is 0.510. The zero-order chi connectivity index (χ0) is 13.5. The molecule has 7 heteroatoms. The van der Waals surface area contributed by atoms with E-state index in [1.165, 1.54) is 12.8 Å². The van der Waals surface area contributed by atoms with E-state index in [1.54, 1.807) is 0 Å². The van der Waals surface area contributed by atoms with Crippen LogP contribution in [-0.2, 0) is 49.1 Å². The molecule has 0 spiro atoms. The molecule has 0 aromatic carbocycles. The van der Waals surface area contributed by atoms with Gasteiger partial charge in [0.15, 0.2) is 0 Å². The molecular formula is C9H8O6W. The van der Waals surface area contributed by atoms with E-state index >= 15 is 0 Å². The Morgan fingerprint density at radius 1 is 0.562 bits per heavy atom. The summed E-state index contributed by atoms with van der Waals surface area (Å²) in [5.41, 5.74) is 0. The van der Waals surface area contributed by atoms with Gasteiger partial charge in [0.05, 0.1) is 0 Å². The molecule has 6 nitrogen and oxygen atoms in total. The molecule has 0 radical (unpaired) electrons. The topological polar surface area (TPSA) is 109 Å². The van der Waals surface area contributed by atoms with Crippen LogP contribution in [0.4, 0.5) is 0 Å². The monoisotopic (exact) mass is 396 g/mol. The van der Waals surface area contributed by atoms with Gasteiger partial charge in [-0.3, -0.25) is 0 Å². The van der Waals surface area contributed by atoms with Gasteiger partial charge in [-0.2, -0.15) is 0 Å². The van der Waals surface area contributed by atoms with Gasteiger partial charge in [0.25, 0.3) is 0 Å². The normalized spacial score (nSPS) is 8.12. The molecule has 0 unspecified atom stereocenters. The molecule has 1 heterocycles. The van der Waals surface area contributed by atoms with Gasteiger partial charge in [-0.1, -0.05) is 0 Å². The van der Waals surface area contributed by atoms with E-state index in [2.05, 4.69) is 33.3 Å². The molecule has 1 rings (SSSR count). The molecule has 1 saturated heterocycles. The van der Waals surface area contributed by atoms with Crippen molar-refractivity contribution in [3.63, 3.8) is 0 Å². The van der Waals surface area contributed by atoms with Gasteiger partial charge >= 0.3 is 56.5 Å². The van der Waals surface area contributed by atoms with Crippen LogP contribution in [0.3, 0.4) is 0 Å². The Morgan fingerprint density at radius 2 is 0.750 bits per heavy atom. The molecule has 0 aliphatic carbocycles. The maximum absolute atomic E-state index is 7.50. The molecule has 0 amide bonds. The summed E-state index contributed by atoms with van der Waals surface area (Å²) in [5.74, 6) is 0. The molecule has 0 N–H and O–H groups in total. The molecular weight excluding hydrogens is 388 g/mol. The SMILES string of the molecule is C1CCOC1.[C-]#[O+].[C-]#[O+].[C-]#[O+].[C-]#[O+].[C-]#[O+].[W]. The van der Waals surface area contributed by atoms with Crippen LogP contribution >= 0.6 is 0 Å². The summed E-state index contributed by atoms with van der Waals surface area (Å²) >= 11 is 0. The molecule has 0 saturated carbocycles. The fraction of sp³-hybridized carbons (Fsp3) is 0.444. The minimum Gasteiger partial charge on any atom is 0 e. The van der Waals surface area contributed by atoms with Crippen LogP contribution in [0.5, 0.6) is 0 Å². The summed E-state index contributed by atoms with van der Waals surface area (Å²) < 4.78 is 42.4. The predicted molar refractivity (Wildman–Crippen MR) is 39.7 cm³/mol. The first-order chi connectivity index (χ1) is 7.50. The Hall–Kier alpha value is -0.652. The van der Waals surface area contributed by atoms with Crippen molar-refractivity contribution in [1.29, 1.82) is 0 Å². The molecule has 0 aromatic rings. The zero-order valence-electron chi connectivity index (χ0n) is 8.19. The van der Waals surface area contributed by atoms with Crippen LogP contribution in [0.25, 0.3) is 0 Å². The zero-order valence-corrected chi connectivity index (χ0v) is 11.1. The minimum atomic E-state index is 0. The first-order valence-corrected chi connectivity index (χ1v) is 3.10. The summed E-state index contributed by atoms with van der Waals surface area (Å²) in [6.45, 7) is 24.5. The second-order valence-corrected chi connectivity index (χ2v) is 1.32. The minimum absolute atomic E-state index is 0. The van der Waals surface area contributed by atoms with Crippen LogP contribution in [-0.4, -0.2) is 13.2 Å². The largest absolute Gasteiger partial charge is 0 e. The third-order valence-corrected chi connectivity index (χ3v) is 0.827. The number of rotatable bonds is 0. The van der Waals surface area contributed by atoms with E-state index in [0.29, 0.717) is 0 Å². The molecule has 1 aliphatic rings. The third kappa shape index (κ3) is 108. The van der Waals surface area contributed by atoms with E-state index in [0.717, 1.165) is 13.2 Å². The van der Waals surface area contributed by atoms with Crippen molar-refractivity contribution in [2.24, 2.45) is 0 Å². The van der Waals surface area contributed by atoms with Gasteiger partial charge < -0.3 is 4.74 Å². The van der Waals surface area contributed by atoms with Crippen molar-refractivity contribution < 1.29 is 49.1 Å². The number of hydrogen-bond donors (Lipinski definition) is 0. The third-order valence-electron chi connectivity index (χ3n) is 0.827. The Labute approximate surface area is 109 Å². The summed E-state index contributed by atoms with van der Waals surface area (Å²) in [5, 5.41) is 0. The van der Waals surface area contributed by atoms with E-state index < -0.39 is 0 Å². The van der Waals surface area contributed by atoms with Gasteiger partial charge in [-0.15, -0.1) is 0 Å². The number of hydrogen-bond acceptors (Lipinski definition) is 1. The summed E-state index contributed by atoms with van der Waals surface area (Å²) in [4.78, 5) is 0. The molecule has 1 fully saturated rings. The summed E-state index contributed by atoms with van der Waals surface area (Å²) in [6, 6.07) is 0. The van der Waals surface area contributed by atoms with Crippen molar-refractivity contribution in [3.8, 4) is 0 Å². The molecule has 1 aliphatic heterocycles. The molecule has 0 bridgehead atoms. The molecule has 16 heavy (non-hydrogen) atoms. The van der Waals surface area contributed by atoms with Crippen LogP contribution in [0, 0.1) is 33.3 Å². The summed E-state index contributed by atoms with van der Waals surface area (Å²) in [6.07, 6.45) is 2.56. The standard InChI is InChI=1S/C4H8O.5CO.W/c1-2-4-5-3-1;5*1-2;/h1-4H2;;;;;;. The molecule has 86 valence electrons. The molecule has 0 aromatic heterocycles. The average Bonchev–Trinajstić information content (AvgIpc) is 3.00. The van der Waals surface area contributed by atoms with Crippen LogP contribution in [0.15, 0.2) is 0 Å². The predicted octanol–water partition coefficient (Wildman–Crippen LogP) is 0.607. The van der Waals surface area contributed by atoms with Crippen LogP contribution in [0.2, 0.25) is 0 Å². The van der Waals surface area contributed by atoms with E-state index in [1.807, 2.05) is 0 Å². The Kier molecular flexibility index (Phi) is 306. The van der Waals surface area contributed by atoms with Crippen LogP contribution in [0.1, 0.15) is 12.8 Å². The van der Waals surface area contributed by atoms with Gasteiger partial charge in [-0.25, -0.2) is 0 Å². The quantitative estimate of drug-likeness (QED) is 0.434. The van der Waals surface area contributed by atoms with Gasteiger partial charge in [0.2, 0.25) is 0 Å². The second-order valence-electron chi connectivity index (χ2n) is 1.32. The smallest absolute Gasteiger partial charge is 0 e. The Balaban J connectivity index is -0.0000000203. The van der Waals surface area contributed by atoms with Gasteiger partial charge in [0, 0.05) is 34.3 Å². The maximum Gasteiger partial charge on any atom is 0 e. The van der Waals surface area contributed by atoms with Crippen molar-refractivity contribution in [3.05, 3.63) is 33.3 Å². The first kappa shape index (κ1) is 36.2. The maximum atomic E-state index is 7.50. The fourth-order valence-corrected chi connectivity index (χ4v) is 0.510. The first-order valence-electron chi connectivity index (χ1n) is 3.10. The van der Waals surface area contributed by atoms with Crippen molar-refractivity contribution in [2.75, 3.05) is 13.2 Å². The Morgan fingerprint density at radius 3 is 0.812 bits per heavy atom. The summed E-state index contributed by atoms with van der Waals surface area (Å²) in [7, 11) is 0. The van der Waals surface area contributed by atoms with E-state index in [9.17, 15) is 0 Å². The van der Waals surface area contributed by atoms with Crippen LogP contribution < -0.4 is 0 Å².